The molecule has 0 spiro atoms. The molecule has 4 fully saturated rings. The van der Waals surface area contributed by atoms with E-state index in [4.69, 9.17) is 4.74 Å². The Bertz CT molecular complexity index is 637. The average molecular weight is 380 g/mol. The van der Waals surface area contributed by atoms with Gasteiger partial charge in [0, 0.05) is 6.26 Å². The highest BCUT2D eigenvalue weighted by molar-refractivity contribution is 7.92. The van der Waals surface area contributed by atoms with Crippen LogP contribution in [0.1, 0.15) is 38.5 Å². The van der Waals surface area contributed by atoms with Crippen LogP contribution in [0.3, 0.4) is 0 Å². The molecule has 0 aromatic rings. The molecular weight excluding hydrogens is 358 g/mol. The third-order valence-corrected chi connectivity index (χ3v) is 6.82. The molecule has 0 aromatic heterocycles. The second kappa shape index (κ2) is 6.17. The summed E-state index contributed by atoms with van der Waals surface area (Å²) in [7, 11) is -4.90. The van der Waals surface area contributed by atoms with E-state index in [1.165, 1.54) is 19.3 Å². The first-order chi connectivity index (χ1) is 11.5. The average Bonchev–Trinajstić information content (AvgIpc) is 2.48. The Morgan fingerprint density at radius 1 is 1.00 bits per heavy atom. The van der Waals surface area contributed by atoms with Crippen LogP contribution in [0.25, 0.3) is 0 Å². The zero-order valence-corrected chi connectivity index (χ0v) is 14.8. The summed E-state index contributed by atoms with van der Waals surface area (Å²) in [6, 6.07) is 0. The number of rotatable bonds is 6. The molecule has 4 bridgehead atoms. The molecule has 142 valence electrons. The van der Waals surface area contributed by atoms with E-state index >= 15 is 0 Å². The third kappa shape index (κ3) is 3.39. The minimum atomic E-state index is -4.90. The molecule has 0 aromatic carbocycles. The van der Waals surface area contributed by atoms with Gasteiger partial charge in [0.2, 0.25) is 9.84 Å². The molecule has 6 nitrogen and oxygen atoms in total. The lowest BCUT2D eigenvalue weighted by Gasteiger charge is -2.55. The predicted molar refractivity (Wildman–Crippen MR) is 82.3 cm³/mol. The van der Waals surface area contributed by atoms with Crippen LogP contribution >= 0.6 is 0 Å². The van der Waals surface area contributed by atoms with Crippen molar-refractivity contribution < 1.29 is 36.3 Å². The topological polar surface area (TPSA) is 86.7 Å². The molecule has 0 saturated heterocycles. The van der Waals surface area contributed by atoms with Crippen LogP contribution in [0.5, 0.6) is 0 Å². The van der Waals surface area contributed by atoms with Crippen LogP contribution in [0.2, 0.25) is 0 Å². The molecule has 0 amide bonds. The van der Waals surface area contributed by atoms with Crippen molar-refractivity contribution >= 4 is 21.8 Å². The first-order valence-corrected chi connectivity index (χ1v) is 10.3. The Morgan fingerprint density at radius 3 is 1.88 bits per heavy atom. The van der Waals surface area contributed by atoms with E-state index in [0.717, 1.165) is 19.3 Å². The minimum Gasteiger partial charge on any atom is -0.462 e. The van der Waals surface area contributed by atoms with Crippen molar-refractivity contribution in [1.82, 2.24) is 0 Å². The Morgan fingerprint density at radius 2 is 1.44 bits per heavy atom. The third-order valence-electron chi connectivity index (χ3n) is 5.72. The molecule has 0 heterocycles. The van der Waals surface area contributed by atoms with Gasteiger partial charge in [-0.25, -0.2) is 13.2 Å². The number of ether oxygens (including phenoxy) is 2. The fourth-order valence-corrected chi connectivity index (χ4v) is 5.38. The van der Waals surface area contributed by atoms with Crippen LogP contribution in [0.15, 0.2) is 0 Å². The van der Waals surface area contributed by atoms with Crippen LogP contribution in [0, 0.1) is 23.2 Å². The lowest BCUT2D eigenvalue weighted by atomic mass is 9.49. The maximum atomic E-state index is 13.2. The van der Waals surface area contributed by atoms with Crippen molar-refractivity contribution in [3.63, 3.8) is 0 Å². The normalized spacial score (nSPS) is 34.0. The zero-order valence-electron chi connectivity index (χ0n) is 14.0. The Balaban J connectivity index is 1.48. The summed E-state index contributed by atoms with van der Waals surface area (Å²) in [5, 5.41) is -4.60. The van der Waals surface area contributed by atoms with Crippen molar-refractivity contribution in [3.8, 4) is 0 Å². The lowest BCUT2D eigenvalue weighted by molar-refractivity contribution is -0.176. The predicted octanol–water partition coefficient (Wildman–Crippen LogP) is 1.93. The number of hydrogen-bond donors (Lipinski definition) is 0. The number of carbonyl (C=O) groups is 2. The molecule has 9 heteroatoms. The molecule has 4 rings (SSSR count). The largest absolute Gasteiger partial charge is 0.462 e. The minimum absolute atomic E-state index is 0.251. The highest BCUT2D eigenvalue weighted by atomic mass is 32.2. The smallest absolute Gasteiger partial charge is 0.439 e. The number of hydrogen-bond acceptors (Lipinski definition) is 6. The fraction of sp³-hybridized carbons (Fsp3) is 0.875. The fourth-order valence-electron chi connectivity index (χ4n) is 5.02. The lowest BCUT2D eigenvalue weighted by Crippen LogP contribution is -2.50. The first-order valence-electron chi connectivity index (χ1n) is 8.45. The molecule has 4 aliphatic rings. The van der Waals surface area contributed by atoms with Gasteiger partial charge in [-0.15, -0.1) is 0 Å². The maximum Gasteiger partial charge on any atom is 0.439 e. The summed E-state index contributed by atoms with van der Waals surface area (Å²) in [6.07, 6.45) is 6.19. The standard InChI is InChI=1S/C16H22F2O6S/c1-25(21,22)16(17,18)14(20)24-3-2-23-13(19)15-7-10-4-11(8-15)6-12(5-10)9-15/h10-12H,2-9H2,1H3. The van der Waals surface area contributed by atoms with E-state index in [9.17, 15) is 26.8 Å². The van der Waals surface area contributed by atoms with Gasteiger partial charge in [-0.2, -0.15) is 8.78 Å². The van der Waals surface area contributed by atoms with E-state index in [2.05, 4.69) is 4.74 Å². The molecule has 0 unspecified atom stereocenters. The van der Waals surface area contributed by atoms with Crippen molar-refractivity contribution in [1.29, 1.82) is 0 Å². The summed E-state index contributed by atoms with van der Waals surface area (Å²) in [5.74, 6) is -0.821. The summed E-state index contributed by atoms with van der Waals surface area (Å²) in [6.45, 7) is -0.950. The Kier molecular flexibility index (Phi) is 4.58. The monoisotopic (exact) mass is 380 g/mol. The summed E-state index contributed by atoms with van der Waals surface area (Å²) >= 11 is 0. The molecular formula is C16H22F2O6S. The van der Waals surface area contributed by atoms with Gasteiger partial charge in [-0.3, -0.25) is 4.79 Å². The van der Waals surface area contributed by atoms with Crippen LogP contribution in [-0.2, 0) is 28.9 Å². The summed E-state index contributed by atoms with van der Waals surface area (Å²) < 4.78 is 57.6. The quantitative estimate of drug-likeness (QED) is 0.517. The molecule has 0 atom stereocenters. The number of alkyl halides is 2. The van der Waals surface area contributed by atoms with Crippen LogP contribution < -0.4 is 0 Å². The Labute approximate surface area is 145 Å². The molecule has 0 radical (unpaired) electrons. The first kappa shape index (κ1) is 18.5. The van der Waals surface area contributed by atoms with E-state index in [1.807, 2.05) is 0 Å². The second-order valence-corrected chi connectivity index (χ2v) is 9.82. The van der Waals surface area contributed by atoms with Gasteiger partial charge in [0.25, 0.3) is 0 Å². The summed E-state index contributed by atoms with van der Waals surface area (Å²) in [5.41, 5.74) is -0.477. The molecule has 0 N–H and O–H groups in total. The van der Waals surface area contributed by atoms with Crippen LogP contribution in [-0.4, -0.2) is 45.1 Å². The maximum absolute atomic E-state index is 13.2. The van der Waals surface area contributed by atoms with Gasteiger partial charge in [0.1, 0.15) is 13.2 Å². The van der Waals surface area contributed by atoms with Crippen LogP contribution in [0.4, 0.5) is 8.78 Å². The Hall–Kier alpha value is -1.25. The van der Waals surface area contributed by atoms with Gasteiger partial charge in [-0.1, -0.05) is 0 Å². The van der Waals surface area contributed by atoms with Gasteiger partial charge in [0.15, 0.2) is 0 Å². The van der Waals surface area contributed by atoms with E-state index in [1.54, 1.807) is 0 Å². The molecule has 25 heavy (non-hydrogen) atoms. The molecule has 4 saturated carbocycles. The van der Waals surface area contributed by atoms with Gasteiger partial charge in [0.05, 0.1) is 5.41 Å². The summed E-state index contributed by atoms with van der Waals surface area (Å²) in [4.78, 5) is 23.7. The van der Waals surface area contributed by atoms with Crippen molar-refractivity contribution in [3.05, 3.63) is 0 Å². The van der Waals surface area contributed by atoms with Gasteiger partial charge < -0.3 is 9.47 Å². The zero-order chi connectivity index (χ0) is 18.5. The van der Waals surface area contributed by atoms with Crippen molar-refractivity contribution in [2.75, 3.05) is 19.5 Å². The number of halogens is 2. The van der Waals surface area contributed by atoms with E-state index in [0.29, 0.717) is 17.8 Å². The molecule has 0 aliphatic heterocycles. The number of carbonyl (C=O) groups excluding carboxylic acids is 2. The highest BCUT2D eigenvalue weighted by Gasteiger charge is 2.55. The number of esters is 2. The molecule has 4 aliphatic carbocycles. The van der Waals surface area contributed by atoms with E-state index < -0.39 is 33.1 Å². The highest BCUT2D eigenvalue weighted by Crippen LogP contribution is 2.60. The SMILES string of the molecule is CS(=O)(=O)C(F)(F)C(=O)OCCOC(=O)C12CC3CC(CC(C3)C1)C2. The van der Waals surface area contributed by atoms with E-state index in [-0.39, 0.29) is 18.8 Å². The van der Waals surface area contributed by atoms with Crippen molar-refractivity contribution in [2.24, 2.45) is 23.2 Å². The number of sulfone groups is 1. The van der Waals surface area contributed by atoms with Crippen molar-refractivity contribution in [2.45, 2.75) is 43.8 Å². The van der Waals surface area contributed by atoms with Gasteiger partial charge in [-0.05, 0) is 56.3 Å². The second-order valence-electron chi connectivity index (χ2n) is 7.76. The van der Waals surface area contributed by atoms with Gasteiger partial charge >= 0.3 is 17.2 Å².